The Bertz CT molecular complexity index is 1400. The van der Waals surface area contributed by atoms with Gasteiger partial charge in [-0.1, -0.05) is 37.8 Å². The van der Waals surface area contributed by atoms with Crippen molar-refractivity contribution in [3.63, 3.8) is 0 Å². The van der Waals surface area contributed by atoms with E-state index in [0.717, 1.165) is 41.2 Å². The number of rotatable bonds is 10. The molecule has 2 heterocycles. The Hall–Kier alpha value is -2.64. The summed E-state index contributed by atoms with van der Waals surface area (Å²) < 4.78 is 34.7. The fraction of sp³-hybridized carbons (Fsp3) is 0.483. The highest BCUT2D eigenvalue weighted by molar-refractivity contribution is 7.89. The SMILES string of the molecule is CCS(=O)(=O)N1CCC(c2cn(COCC[Si](C)(C)C)c3c(C#N)cc(N(C)c4ccccc4)cc23)CC1. The summed E-state index contributed by atoms with van der Waals surface area (Å²) in [6.07, 6.45) is 3.66. The van der Waals surface area contributed by atoms with Gasteiger partial charge in [0.2, 0.25) is 10.0 Å². The maximum atomic E-state index is 12.4. The zero-order valence-electron chi connectivity index (χ0n) is 23.3. The van der Waals surface area contributed by atoms with E-state index in [-0.39, 0.29) is 11.7 Å². The van der Waals surface area contributed by atoms with Gasteiger partial charge in [-0.15, -0.1) is 0 Å². The molecule has 0 bridgehead atoms. The molecule has 0 radical (unpaired) electrons. The molecule has 1 aliphatic heterocycles. The predicted molar refractivity (Wildman–Crippen MR) is 158 cm³/mol. The van der Waals surface area contributed by atoms with Crippen molar-refractivity contribution < 1.29 is 13.2 Å². The molecule has 1 aliphatic rings. The minimum atomic E-state index is -3.19. The Labute approximate surface area is 228 Å². The summed E-state index contributed by atoms with van der Waals surface area (Å²) >= 11 is 0. The highest BCUT2D eigenvalue weighted by atomic mass is 32.2. The van der Waals surface area contributed by atoms with Gasteiger partial charge >= 0.3 is 0 Å². The van der Waals surface area contributed by atoms with Crippen LogP contribution in [0.15, 0.2) is 48.7 Å². The zero-order chi connectivity index (χ0) is 27.5. The van der Waals surface area contributed by atoms with Gasteiger partial charge in [-0.2, -0.15) is 5.26 Å². The second-order valence-corrected chi connectivity index (χ2v) is 19.3. The van der Waals surface area contributed by atoms with Crippen molar-refractivity contribution in [1.82, 2.24) is 8.87 Å². The predicted octanol–water partition coefficient (Wildman–Crippen LogP) is 6.12. The Balaban J connectivity index is 1.72. The summed E-state index contributed by atoms with van der Waals surface area (Å²) in [4.78, 5) is 2.10. The average Bonchev–Trinajstić information content (AvgIpc) is 3.28. The highest BCUT2D eigenvalue weighted by Gasteiger charge is 2.30. The van der Waals surface area contributed by atoms with Gasteiger partial charge in [0.15, 0.2) is 0 Å². The number of ether oxygens (including phenoxy) is 1. The van der Waals surface area contributed by atoms with E-state index < -0.39 is 18.1 Å². The number of para-hydroxylation sites is 1. The van der Waals surface area contributed by atoms with Crippen molar-refractivity contribution in [2.24, 2.45) is 0 Å². The first-order chi connectivity index (χ1) is 18.0. The fourth-order valence-electron chi connectivity index (χ4n) is 5.13. The van der Waals surface area contributed by atoms with Crippen LogP contribution in [0.1, 0.15) is 36.8 Å². The van der Waals surface area contributed by atoms with Gasteiger partial charge in [-0.25, -0.2) is 12.7 Å². The second kappa shape index (κ2) is 11.6. The number of hydrogen-bond donors (Lipinski definition) is 0. The number of hydrogen-bond acceptors (Lipinski definition) is 5. The molecule has 0 N–H and O–H groups in total. The lowest BCUT2D eigenvalue weighted by Gasteiger charge is -2.31. The van der Waals surface area contributed by atoms with Gasteiger partial charge < -0.3 is 14.2 Å². The van der Waals surface area contributed by atoms with E-state index in [9.17, 15) is 13.7 Å². The van der Waals surface area contributed by atoms with Crippen LogP contribution in [0.25, 0.3) is 10.9 Å². The summed E-state index contributed by atoms with van der Waals surface area (Å²) in [5.41, 5.74) is 4.67. The number of sulfonamides is 1. The number of piperidine rings is 1. The number of aromatic nitrogens is 1. The molecule has 0 saturated carbocycles. The van der Waals surface area contributed by atoms with Crippen LogP contribution < -0.4 is 4.90 Å². The molecular formula is C29H40N4O3SSi. The molecule has 0 atom stereocenters. The molecule has 4 rings (SSSR count). The number of fused-ring (bicyclic) bond motifs is 1. The Morgan fingerprint density at radius 2 is 1.79 bits per heavy atom. The van der Waals surface area contributed by atoms with Crippen LogP contribution in [0.5, 0.6) is 0 Å². The van der Waals surface area contributed by atoms with Crippen LogP contribution in [-0.4, -0.2) is 57.9 Å². The van der Waals surface area contributed by atoms with Crippen molar-refractivity contribution >= 4 is 40.4 Å². The van der Waals surface area contributed by atoms with Crippen molar-refractivity contribution in [3.05, 3.63) is 59.8 Å². The third-order valence-corrected chi connectivity index (χ3v) is 11.1. The van der Waals surface area contributed by atoms with Crippen molar-refractivity contribution in [2.45, 2.75) is 58.1 Å². The van der Waals surface area contributed by atoms with Gasteiger partial charge in [0, 0.05) is 57.8 Å². The summed E-state index contributed by atoms with van der Waals surface area (Å²) in [5, 5.41) is 11.2. The molecular weight excluding hydrogens is 512 g/mol. The summed E-state index contributed by atoms with van der Waals surface area (Å²) in [5.74, 6) is 0.347. The maximum absolute atomic E-state index is 12.4. The number of nitrogens with zero attached hydrogens (tertiary/aromatic N) is 4. The average molecular weight is 553 g/mol. The van der Waals surface area contributed by atoms with E-state index in [1.807, 2.05) is 31.3 Å². The summed E-state index contributed by atoms with van der Waals surface area (Å²) in [7, 11) is -2.38. The lowest BCUT2D eigenvalue weighted by Crippen LogP contribution is -2.38. The quantitative estimate of drug-likeness (QED) is 0.224. The molecule has 0 amide bonds. The van der Waals surface area contributed by atoms with Gasteiger partial charge in [0.25, 0.3) is 0 Å². The molecule has 2 aromatic carbocycles. The molecule has 3 aromatic rings. The molecule has 0 aliphatic carbocycles. The van der Waals surface area contributed by atoms with E-state index in [2.05, 4.69) is 59.6 Å². The fourth-order valence-corrected chi connectivity index (χ4v) is 7.02. The monoisotopic (exact) mass is 552 g/mol. The third-order valence-electron chi connectivity index (χ3n) is 7.52. The van der Waals surface area contributed by atoms with Crippen LogP contribution in [-0.2, 0) is 21.5 Å². The van der Waals surface area contributed by atoms with Crippen LogP contribution in [0, 0.1) is 11.3 Å². The van der Waals surface area contributed by atoms with E-state index in [0.29, 0.717) is 32.0 Å². The van der Waals surface area contributed by atoms with Crippen molar-refractivity contribution in [3.8, 4) is 6.07 Å². The van der Waals surface area contributed by atoms with Crippen LogP contribution >= 0.6 is 0 Å². The smallest absolute Gasteiger partial charge is 0.213 e. The second-order valence-electron chi connectivity index (χ2n) is 11.4. The summed E-state index contributed by atoms with van der Waals surface area (Å²) in [6.45, 7) is 10.9. The highest BCUT2D eigenvalue weighted by Crippen LogP contribution is 2.39. The molecule has 1 saturated heterocycles. The van der Waals surface area contributed by atoms with Crippen LogP contribution in [0.4, 0.5) is 11.4 Å². The van der Waals surface area contributed by atoms with E-state index >= 15 is 0 Å². The van der Waals surface area contributed by atoms with Gasteiger partial charge in [-0.05, 0) is 61.6 Å². The van der Waals surface area contributed by atoms with Gasteiger partial charge in [0.1, 0.15) is 12.8 Å². The Morgan fingerprint density at radius 1 is 1.11 bits per heavy atom. The molecule has 204 valence electrons. The summed E-state index contributed by atoms with van der Waals surface area (Å²) in [6, 6.07) is 17.8. The molecule has 1 aromatic heterocycles. The largest absolute Gasteiger partial charge is 0.361 e. The zero-order valence-corrected chi connectivity index (χ0v) is 25.1. The van der Waals surface area contributed by atoms with Crippen molar-refractivity contribution in [2.75, 3.05) is 37.4 Å². The van der Waals surface area contributed by atoms with Crippen LogP contribution in [0.2, 0.25) is 25.7 Å². The van der Waals surface area contributed by atoms with E-state index in [1.54, 1.807) is 11.2 Å². The molecule has 0 spiro atoms. The van der Waals surface area contributed by atoms with Gasteiger partial charge in [-0.3, -0.25) is 0 Å². The first kappa shape index (κ1) is 28.4. The molecule has 9 heteroatoms. The first-order valence-corrected chi connectivity index (χ1v) is 18.8. The maximum Gasteiger partial charge on any atom is 0.213 e. The number of anilines is 2. The molecule has 7 nitrogen and oxygen atoms in total. The Morgan fingerprint density at radius 3 is 2.39 bits per heavy atom. The lowest BCUT2D eigenvalue weighted by atomic mass is 9.89. The number of nitriles is 1. The standard InChI is InChI=1S/C29H40N4O3SSi/c1-6-37(34,35)33-14-12-23(13-15-33)28-21-32(22-36-16-17-38(3,4)5)29-24(20-30)18-26(19-27(28)29)31(2)25-10-8-7-9-11-25/h7-11,18-19,21,23H,6,12-17,22H2,1-5H3. The van der Waals surface area contributed by atoms with Crippen LogP contribution in [0.3, 0.4) is 0 Å². The lowest BCUT2D eigenvalue weighted by molar-refractivity contribution is 0.0900. The number of benzene rings is 2. The van der Waals surface area contributed by atoms with E-state index in [1.165, 1.54) is 5.56 Å². The van der Waals surface area contributed by atoms with Gasteiger partial charge in [0.05, 0.1) is 16.8 Å². The molecule has 38 heavy (non-hydrogen) atoms. The Kier molecular flexibility index (Phi) is 8.67. The topological polar surface area (TPSA) is 78.6 Å². The minimum Gasteiger partial charge on any atom is -0.361 e. The molecule has 1 fully saturated rings. The third kappa shape index (κ3) is 6.32. The van der Waals surface area contributed by atoms with Crippen molar-refractivity contribution in [1.29, 1.82) is 5.26 Å². The molecule has 0 unspecified atom stereocenters. The minimum absolute atomic E-state index is 0.131. The first-order valence-electron chi connectivity index (χ1n) is 13.5. The normalized spacial score (nSPS) is 15.6. The van der Waals surface area contributed by atoms with E-state index in [4.69, 9.17) is 4.74 Å².